The molecule has 18 heavy (non-hydrogen) atoms. The second kappa shape index (κ2) is 6.90. The molecule has 0 aliphatic rings. The quantitative estimate of drug-likeness (QED) is 0.760. The SMILES string of the molecule is CCC(CC)(CC)NCc1ccc(CC(=O)O)s1. The molecule has 0 unspecified atom stereocenters. The van der Waals surface area contributed by atoms with E-state index in [-0.39, 0.29) is 12.0 Å². The Balaban J connectivity index is 2.57. The van der Waals surface area contributed by atoms with E-state index in [1.807, 2.05) is 12.1 Å². The van der Waals surface area contributed by atoms with Gasteiger partial charge in [0.25, 0.3) is 0 Å². The first-order valence-corrected chi connectivity index (χ1v) is 7.41. The Hall–Kier alpha value is -0.870. The maximum absolute atomic E-state index is 10.6. The van der Waals surface area contributed by atoms with E-state index in [0.717, 1.165) is 30.7 Å². The normalized spacial score (nSPS) is 11.7. The van der Waals surface area contributed by atoms with Crippen molar-refractivity contribution in [3.05, 3.63) is 21.9 Å². The van der Waals surface area contributed by atoms with Gasteiger partial charge in [0.1, 0.15) is 0 Å². The molecule has 4 heteroatoms. The van der Waals surface area contributed by atoms with Gasteiger partial charge in [0.2, 0.25) is 0 Å². The minimum atomic E-state index is -0.763. The van der Waals surface area contributed by atoms with E-state index in [1.165, 1.54) is 4.88 Å². The fourth-order valence-electron chi connectivity index (χ4n) is 2.16. The molecule has 0 aliphatic heterocycles. The molecular weight excluding hydrogens is 246 g/mol. The van der Waals surface area contributed by atoms with Gasteiger partial charge in [0.05, 0.1) is 6.42 Å². The zero-order chi connectivity index (χ0) is 13.6. The van der Waals surface area contributed by atoms with Gasteiger partial charge in [-0.3, -0.25) is 4.79 Å². The number of carboxylic acid groups (broad SMARTS) is 1. The molecule has 1 aromatic heterocycles. The molecule has 0 spiro atoms. The maximum Gasteiger partial charge on any atom is 0.308 e. The van der Waals surface area contributed by atoms with Gasteiger partial charge in [0.15, 0.2) is 0 Å². The summed E-state index contributed by atoms with van der Waals surface area (Å²) in [6, 6.07) is 3.95. The standard InChI is InChI=1S/C14H23NO2S/c1-4-14(5-2,6-3)15-10-12-8-7-11(18-12)9-13(16)17/h7-8,15H,4-6,9-10H2,1-3H3,(H,16,17). The Labute approximate surface area is 113 Å². The van der Waals surface area contributed by atoms with Crippen LogP contribution in [0, 0.1) is 0 Å². The lowest BCUT2D eigenvalue weighted by molar-refractivity contribution is -0.136. The molecule has 0 aliphatic carbocycles. The van der Waals surface area contributed by atoms with Crippen LogP contribution in [-0.2, 0) is 17.8 Å². The zero-order valence-corrected chi connectivity index (χ0v) is 12.3. The molecule has 0 atom stereocenters. The van der Waals surface area contributed by atoms with E-state index in [2.05, 4.69) is 26.1 Å². The van der Waals surface area contributed by atoms with Crippen molar-refractivity contribution in [2.75, 3.05) is 0 Å². The Kier molecular flexibility index (Phi) is 5.82. The minimum Gasteiger partial charge on any atom is -0.481 e. The van der Waals surface area contributed by atoms with Crippen molar-refractivity contribution in [2.45, 2.75) is 58.5 Å². The molecule has 102 valence electrons. The smallest absolute Gasteiger partial charge is 0.308 e. The van der Waals surface area contributed by atoms with Crippen LogP contribution in [0.15, 0.2) is 12.1 Å². The lowest BCUT2D eigenvalue weighted by Crippen LogP contribution is -2.42. The highest BCUT2D eigenvalue weighted by Gasteiger charge is 2.22. The molecule has 0 amide bonds. The summed E-state index contributed by atoms with van der Waals surface area (Å²) in [5.74, 6) is -0.763. The molecule has 1 aromatic rings. The van der Waals surface area contributed by atoms with Gasteiger partial charge >= 0.3 is 5.97 Å². The third-order valence-corrected chi connectivity index (χ3v) is 4.80. The molecule has 0 aromatic carbocycles. The third-order valence-electron chi connectivity index (χ3n) is 3.71. The molecule has 1 heterocycles. The fourth-order valence-corrected chi connectivity index (χ4v) is 3.11. The first kappa shape index (κ1) is 15.2. The average Bonchev–Trinajstić information content (AvgIpc) is 2.78. The largest absolute Gasteiger partial charge is 0.481 e. The Bertz CT molecular complexity index is 375. The summed E-state index contributed by atoms with van der Waals surface area (Å²) >= 11 is 1.59. The third kappa shape index (κ3) is 4.10. The van der Waals surface area contributed by atoms with Crippen molar-refractivity contribution in [1.82, 2.24) is 5.32 Å². The van der Waals surface area contributed by atoms with Gasteiger partial charge in [-0.1, -0.05) is 20.8 Å². The van der Waals surface area contributed by atoms with Crippen LogP contribution in [0.1, 0.15) is 49.8 Å². The number of carboxylic acids is 1. The van der Waals surface area contributed by atoms with Gasteiger partial charge < -0.3 is 10.4 Å². The van der Waals surface area contributed by atoms with Crippen LogP contribution in [0.4, 0.5) is 0 Å². The van der Waals surface area contributed by atoms with Gasteiger partial charge in [-0.15, -0.1) is 11.3 Å². The van der Waals surface area contributed by atoms with Crippen molar-refractivity contribution in [2.24, 2.45) is 0 Å². The summed E-state index contributed by atoms with van der Waals surface area (Å²) in [7, 11) is 0. The number of thiophene rings is 1. The van der Waals surface area contributed by atoms with Crippen molar-refractivity contribution >= 4 is 17.3 Å². The molecular formula is C14H23NO2S. The molecule has 0 saturated carbocycles. The minimum absolute atomic E-state index is 0.130. The molecule has 0 saturated heterocycles. The van der Waals surface area contributed by atoms with Gasteiger partial charge in [-0.05, 0) is 31.4 Å². The summed E-state index contributed by atoms with van der Waals surface area (Å²) in [5.41, 5.74) is 0.219. The Morgan fingerprint density at radius 3 is 2.28 bits per heavy atom. The van der Waals surface area contributed by atoms with Crippen LogP contribution in [0.3, 0.4) is 0 Å². The van der Waals surface area contributed by atoms with E-state index in [1.54, 1.807) is 11.3 Å². The van der Waals surface area contributed by atoms with Crippen molar-refractivity contribution in [3.8, 4) is 0 Å². The second-order valence-electron chi connectivity index (χ2n) is 4.63. The van der Waals surface area contributed by atoms with Gasteiger partial charge in [0, 0.05) is 21.8 Å². The predicted octanol–water partition coefficient (Wildman–Crippen LogP) is 3.43. The number of aliphatic carboxylic acids is 1. The van der Waals surface area contributed by atoms with Crippen molar-refractivity contribution in [3.63, 3.8) is 0 Å². The zero-order valence-electron chi connectivity index (χ0n) is 11.5. The van der Waals surface area contributed by atoms with Crippen LogP contribution in [0.5, 0.6) is 0 Å². The van der Waals surface area contributed by atoms with Gasteiger partial charge in [-0.25, -0.2) is 0 Å². The monoisotopic (exact) mass is 269 g/mol. The van der Waals surface area contributed by atoms with Crippen LogP contribution < -0.4 is 5.32 Å². The highest BCUT2D eigenvalue weighted by molar-refractivity contribution is 7.12. The summed E-state index contributed by atoms with van der Waals surface area (Å²) in [4.78, 5) is 12.8. The van der Waals surface area contributed by atoms with Gasteiger partial charge in [-0.2, -0.15) is 0 Å². The number of carbonyl (C=O) groups is 1. The van der Waals surface area contributed by atoms with Crippen molar-refractivity contribution in [1.29, 1.82) is 0 Å². The molecule has 0 bridgehead atoms. The number of hydrogen-bond donors (Lipinski definition) is 2. The average molecular weight is 269 g/mol. The lowest BCUT2D eigenvalue weighted by Gasteiger charge is -2.31. The van der Waals surface area contributed by atoms with E-state index in [4.69, 9.17) is 5.11 Å². The maximum atomic E-state index is 10.6. The number of hydrogen-bond acceptors (Lipinski definition) is 3. The van der Waals surface area contributed by atoms with Crippen LogP contribution in [-0.4, -0.2) is 16.6 Å². The molecule has 0 radical (unpaired) electrons. The predicted molar refractivity (Wildman–Crippen MR) is 76.1 cm³/mol. The first-order valence-electron chi connectivity index (χ1n) is 6.59. The Morgan fingerprint density at radius 2 is 1.78 bits per heavy atom. The molecule has 0 fully saturated rings. The highest BCUT2D eigenvalue weighted by Crippen LogP contribution is 2.22. The molecule has 3 nitrogen and oxygen atoms in total. The van der Waals surface area contributed by atoms with E-state index in [0.29, 0.717) is 0 Å². The summed E-state index contributed by atoms with van der Waals surface area (Å²) < 4.78 is 0. The molecule has 2 N–H and O–H groups in total. The molecule has 1 rings (SSSR count). The van der Waals surface area contributed by atoms with Crippen LogP contribution in [0.2, 0.25) is 0 Å². The second-order valence-corrected chi connectivity index (χ2v) is 5.89. The summed E-state index contributed by atoms with van der Waals surface area (Å²) in [5, 5.41) is 12.4. The van der Waals surface area contributed by atoms with E-state index < -0.39 is 5.97 Å². The number of rotatable bonds is 8. The van der Waals surface area contributed by atoms with E-state index in [9.17, 15) is 4.79 Å². The first-order chi connectivity index (χ1) is 8.55. The van der Waals surface area contributed by atoms with Crippen molar-refractivity contribution < 1.29 is 9.90 Å². The Morgan fingerprint density at radius 1 is 1.22 bits per heavy atom. The van der Waals surface area contributed by atoms with Crippen LogP contribution in [0.25, 0.3) is 0 Å². The summed E-state index contributed by atoms with van der Waals surface area (Å²) in [6.07, 6.45) is 3.49. The fraction of sp³-hybridized carbons (Fsp3) is 0.643. The van der Waals surface area contributed by atoms with E-state index >= 15 is 0 Å². The van der Waals surface area contributed by atoms with Crippen LogP contribution >= 0.6 is 11.3 Å². The topological polar surface area (TPSA) is 49.3 Å². The highest BCUT2D eigenvalue weighted by atomic mass is 32.1. The summed E-state index contributed by atoms with van der Waals surface area (Å²) in [6.45, 7) is 7.47. The number of nitrogens with one attached hydrogen (secondary N) is 1. The lowest BCUT2D eigenvalue weighted by atomic mass is 9.90.